The Kier molecular flexibility index (Phi) is 5.84. The molecule has 0 aromatic rings. The molecule has 4 nitrogen and oxygen atoms in total. The van der Waals surface area contributed by atoms with Crippen molar-refractivity contribution >= 4 is 5.78 Å². The molecule has 5 fully saturated rings. The fraction of sp³-hybridized carbons (Fsp3) is 0.963. The van der Waals surface area contributed by atoms with Crippen LogP contribution >= 0.6 is 0 Å². The van der Waals surface area contributed by atoms with Crippen molar-refractivity contribution in [2.45, 2.75) is 103 Å². The van der Waals surface area contributed by atoms with Gasteiger partial charge in [0.1, 0.15) is 5.78 Å². The van der Waals surface area contributed by atoms with Crippen LogP contribution in [-0.2, 0) is 9.53 Å². The minimum Gasteiger partial charge on any atom is -0.390 e. The first kappa shape index (κ1) is 22.3. The largest absolute Gasteiger partial charge is 0.390 e. The van der Waals surface area contributed by atoms with Crippen LogP contribution < -0.4 is 0 Å². The number of rotatable bonds is 3. The van der Waals surface area contributed by atoms with Gasteiger partial charge in [-0.25, -0.2) is 0 Å². The van der Waals surface area contributed by atoms with Gasteiger partial charge >= 0.3 is 0 Å². The van der Waals surface area contributed by atoms with E-state index in [9.17, 15) is 9.90 Å². The number of carbonyl (C=O) groups excluding carboxylic acids is 1. The molecular weight excluding hydrogens is 386 g/mol. The number of aliphatic hydroxyl groups is 1. The van der Waals surface area contributed by atoms with E-state index in [2.05, 4.69) is 32.6 Å². The molecule has 176 valence electrons. The van der Waals surface area contributed by atoms with Crippen LogP contribution in [0.4, 0.5) is 0 Å². The molecule has 0 spiro atoms. The van der Waals surface area contributed by atoms with Gasteiger partial charge < -0.3 is 9.84 Å². The van der Waals surface area contributed by atoms with E-state index in [1.807, 2.05) is 0 Å². The van der Waals surface area contributed by atoms with Gasteiger partial charge in [0.25, 0.3) is 0 Å². The summed E-state index contributed by atoms with van der Waals surface area (Å²) in [6.07, 6.45) is 11.2. The molecule has 0 bridgehead atoms. The van der Waals surface area contributed by atoms with E-state index in [4.69, 9.17) is 4.74 Å². The Hall–Kier alpha value is -0.450. The number of hydrogen-bond donors (Lipinski definition) is 1. The van der Waals surface area contributed by atoms with Crippen LogP contribution in [0.15, 0.2) is 0 Å². The van der Waals surface area contributed by atoms with Crippen molar-refractivity contribution in [1.29, 1.82) is 0 Å². The summed E-state index contributed by atoms with van der Waals surface area (Å²) in [4.78, 5) is 15.9. The second kappa shape index (κ2) is 8.09. The third-order valence-electron chi connectivity index (χ3n) is 10.5. The number of ether oxygens (including phenoxy) is 1. The van der Waals surface area contributed by atoms with Crippen molar-refractivity contribution < 1.29 is 14.6 Å². The van der Waals surface area contributed by atoms with Crippen LogP contribution in [-0.4, -0.2) is 53.2 Å². The molecule has 10 atom stereocenters. The molecule has 4 heteroatoms. The SMILES string of the molecule is C[C@H]1CN(CC(=O)[C@H]2CC[C@H]3[C@@H]4CCC5C[C@](C)(O)CC[C@@H]5[C@H]4CC[C@]23C)C[C@H](C)O1. The van der Waals surface area contributed by atoms with Crippen molar-refractivity contribution in [1.82, 2.24) is 4.90 Å². The normalized spacial score (nSPS) is 52.8. The Morgan fingerprint density at radius 1 is 0.935 bits per heavy atom. The molecule has 1 saturated heterocycles. The number of hydrogen-bond acceptors (Lipinski definition) is 4. The average molecular weight is 432 g/mol. The lowest BCUT2D eigenvalue weighted by Crippen LogP contribution is -2.52. The predicted molar refractivity (Wildman–Crippen MR) is 123 cm³/mol. The molecule has 1 heterocycles. The van der Waals surface area contributed by atoms with Crippen LogP contribution in [0.3, 0.4) is 0 Å². The Morgan fingerprint density at radius 2 is 1.65 bits per heavy atom. The molecule has 1 aliphatic heterocycles. The van der Waals surface area contributed by atoms with Crippen LogP contribution in [0.1, 0.15) is 85.5 Å². The van der Waals surface area contributed by atoms with Gasteiger partial charge in [-0.1, -0.05) is 6.92 Å². The first-order chi connectivity index (χ1) is 14.7. The first-order valence-electron chi connectivity index (χ1n) is 13.3. The summed E-state index contributed by atoms with van der Waals surface area (Å²) in [5.74, 6) is 4.75. The molecule has 1 N–H and O–H groups in total. The van der Waals surface area contributed by atoms with Gasteiger partial charge in [-0.05, 0) is 114 Å². The highest BCUT2D eigenvalue weighted by Crippen LogP contribution is 2.64. The highest BCUT2D eigenvalue weighted by atomic mass is 16.5. The predicted octanol–water partition coefficient (Wildman–Crippen LogP) is 4.68. The minimum absolute atomic E-state index is 0.217. The monoisotopic (exact) mass is 431 g/mol. The van der Waals surface area contributed by atoms with Crippen LogP contribution in [0, 0.1) is 40.9 Å². The average Bonchev–Trinajstić information content (AvgIpc) is 3.03. The number of ketones is 1. The van der Waals surface area contributed by atoms with E-state index in [0.29, 0.717) is 12.3 Å². The van der Waals surface area contributed by atoms with E-state index < -0.39 is 5.60 Å². The van der Waals surface area contributed by atoms with E-state index >= 15 is 0 Å². The highest BCUT2D eigenvalue weighted by Gasteiger charge is 2.58. The maximum Gasteiger partial charge on any atom is 0.150 e. The Bertz CT molecular complexity index is 682. The van der Waals surface area contributed by atoms with Gasteiger partial charge in [-0.3, -0.25) is 9.69 Å². The van der Waals surface area contributed by atoms with Crippen molar-refractivity contribution in [2.75, 3.05) is 19.6 Å². The molecule has 5 rings (SSSR count). The summed E-state index contributed by atoms with van der Waals surface area (Å²) in [6.45, 7) is 11.2. The highest BCUT2D eigenvalue weighted by molar-refractivity contribution is 5.84. The minimum atomic E-state index is -0.434. The molecule has 31 heavy (non-hydrogen) atoms. The maximum absolute atomic E-state index is 13.5. The number of fused-ring (bicyclic) bond motifs is 5. The van der Waals surface area contributed by atoms with Crippen molar-refractivity contribution in [2.24, 2.45) is 40.9 Å². The molecule has 0 amide bonds. The van der Waals surface area contributed by atoms with Gasteiger partial charge in [0, 0.05) is 19.0 Å². The molecular formula is C27H45NO3. The van der Waals surface area contributed by atoms with Crippen molar-refractivity contribution in [3.05, 3.63) is 0 Å². The number of morpholine rings is 1. The molecule has 5 aliphatic rings. The zero-order valence-corrected chi connectivity index (χ0v) is 20.3. The van der Waals surface area contributed by atoms with Crippen LogP contribution in [0.25, 0.3) is 0 Å². The van der Waals surface area contributed by atoms with Gasteiger partial charge in [0.2, 0.25) is 0 Å². The maximum atomic E-state index is 13.5. The smallest absolute Gasteiger partial charge is 0.150 e. The summed E-state index contributed by atoms with van der Waals surface area (Å²) >= 11 is 0. The van der Waals surface area contributed by atoms with Gasteiger partial charge in [-0.15, -0.1) is 0 Å². The second-order valence-electron chi connectivity index (χ2n) is 12.8. The third kappa shape index (κ3) is 4.04. The zero-order chi connectivity index (χ0) is 22.0. The Labute approximate surface area is 189 Å². The van der Waals surface area contributed by atoms with E-state index in [1.165, 1.54) is 38.5 Å². The van der Waals surface area contributed by atoms with E-state index in [0.717, 1.165) is 61.9 Å². The number of carbonyl (C=O) groups is 1. The van der Waals surface area contributed by atoms with Gasteiger partial charge in [0.15, 0.2) is 0 Å². The fourth-order valence-corrected chi connectivity index (χ4v) is 9.35. The summed E-state index contributed by atoms with van der Waals surface area (Å²) in [7, 11) is 0. The molecule has 0 aromatic carbocycles. The first-order valence-corrected chi connectivity index (χ1v) is 13.3. The Balaban J connectivity index is 1.26. The fourth-order valence-electron chi connectivity index (χ4n) is 9.35. The van der Waals surface area contributed by atoms with Gasteiger partial charge in [0.05, 0.1) is 24.4 Å². The molecule has 0 radical (unpaired) electrons. The summed E-state index contributed by atoms with van der Waals surface area (Å²) in [5, 5.41) is 10.6. The lowest BCUT2D eigenvalue weighted by atomic mass is 9.49. The third-order valence-corrected chi connectivity index (χ3v) is 10.5. The van der Waals surface area contributed by atoms with E-state index in [1.54, 1.807) is 0 Å². The number of nitrogens with zero attached hydrogens (tertiary/aromatic N) is 1. The van der Waals surface area contributed by atoms with Crippen molar-refractivity contribution in [3.8, 4) is 0 Å². The van der Waals surface area contributed by atoms with Crippen molar-refractivity contribution in [3.63, 3.8) is 0 Å². The molecule has 1 unspecified atom stereocenters. The lowest BCUT2D eigenvalue weighted by molar-refractivity contribution is -0.136. The Morgan fingerprint density at radius 3 is 2.39 bits per heavy atom. The topological polar surface area (TPSA) is 49.8 Å². The second-order valence-corrected chi connectivity index (χ2v) is 12.8. The zero-order valence-electron chi connectivity index (χ0n) is 20.3. The van der Waals surface area contributed by atoms with E-state index in [-0.39, 0.29) is 23.5 Å². The summed E-state index contributed by atoms with van der Waals surface area (Å²) in [5.41, 5.74) is -0.217. The molecule has 0 aromatic heterocycles. The molecule has 4 aliphatic carbocycles. The summed E-state index contributed by atoms with van der Waals surface area (Å²) in [6, 6.07) is 0. The lowest BCUT2D eigenvalue weighted by Gasteiger charge is -2.57. The van der Waals surface area contributed by atoms with Crippen LogP contribution in [0.2, 0.25) is 0 Å². The standard InChI is InChI=1S/C27H45NO3/c1-17-14-28(15-18(2)31-17)16-25(29)24-8-7-23-22-6-5-19-13-26(3,30)11-9-20(19)21(22)10-12-27(23,24)4/h17-24,30H,5-16H2,1-4H3/t17-,18-,19?,20-,21+,22+,23-,24+,26+,27-/m0/s1. The number of Topliss-reactive ketones (excluding diaryl/α,β-unsaturated/α-hetero) is 1. The molecule has 4 saturated carbocycles. The summed E-state index contributed by atoms with van der Waals surface area (Å²) < 4.78 is 5.88. The van der Waals surface area contributed by atoms with Gasteiger partial charge in [-0.2, -0.15) is 0 Å². The van der Waals surface area contributed by atoms with Crippen LogP contribution in [0.5, 0.6) is 0 Å². The quantitative estimate of drug-likeness (QED) is 0.705.